The van der Waals surface area contributed by atoms with E-state index >= 15 is 0 Å². The van der Waals surface area contributed by atoms with Crippen molar-refractivity contribution in [2.24, 2.45) is 11.1 Å². The molecule has 1 aromatic carbocycles. The quantitative estimate of drug-likeness (QED) is 0.831. The molecular formula is C17H24N2O. The number of amides is 1. The van der Waals surface area contributed by atoms with Crippen molar-refractivity contribution in [2.45, 2.75) is 34.1 Å². The van der Waals surface area contributed by atoms with E-state index in [-0.39, 0.29) is 11.3 Å². The molecule has 0 saturated carbocycles. The number of hydrogen-bond acceptors (Lipinski definition) is 2. The zero-order valence-corrected chi connectivity index (χ0v) is 12.8. The molecule has 20 heavy (non-hydrogen) atoms. The zero-order valence-electron chi connectivity index (χ0n) is 12.8. The van der Waals surface area contributed by atoms with Gasteiger partial charge in [-0.3, -0.25) is 4.79 Å². The highest BCUT2D eigenvalue weighted by atomic mass is 16.1. The Bertz CT molecular complexity index is 530. The van der Waals surface area contributed by atoms with Crippen LogP contribution in [0.25, 0.3) is 0 Å². The Labute approximate surface area is 121 Å². The number of carbonyl (C=O) groups is 1. The van der Waals surface area contributed by atoms with Crippen LogP contribution in [0.3, 0.4) is 0 Å². The molecule has 0 spiro atoms. The molecule has 0 saturated heterocycles. The lowest BCUT2D eigenvalue weighted by molar-refractivity contribution is 0.0949. The summed E-state index contributed by atoms with van der Waals surface area (Å²) in [6.45, 7) is 9.47. The third-order valence-electron chi connectivity index (χ3n) is 2.97. The summed E-state index contributed by atoms with van der Waals surface area (Å²) in [5, 5.41) is 2.95. The monoisotopic (exact) mass is 272 g/mol. The van der Waals surface area contributed by atoms with E-state index in [0.717, 1.165) is 17.5 Å². The van der Waals surface area contributed by atoms with Crippen molar-refractivity contribution in [1.82, 2.24) is 5.32 Å². The van der Waals surface area contributed by atoms with Crippen LogP contribution in [0.5, 0.6) is 0 Å². The van der Waals surface area contributed by atoms with E-state index in [1.165, 1.54) is 0 Å². The van der Waals surface area contributed by atoms with Gasteiger partial charge in [0.15, 0.2) is 0 Å². The van der Waals surface area contributed by atoms with Crippen LogP contribution in [0.4, 0.5) is 0 Å². The van der Waals surface area contributed by atoms with Gasteiger partial charge in [0.05, 0.1) is 6.54 Å². The highest BCUT2D eigenvalue weighted by Crippen LogP contribution is 2.17. The van der Waals surface area contributed by atoms with Crippen molar-refractivity contribution in [2.75, 3.05) is 13.1 Å². The summed E-state index contributed by atoms with van der Waals surface area (Å²) < 4.78 is 0. The molecule has 0 aliphatic carbocycles. The van der Waals surface area contributed by atoms with Crippen molar-refractivity contribution in [3.63, 3.8) is 0 Å². The van der Waals surface area contributed by atoms with E-state index in [1.54, 1.807) is 6.07 Å². The number of benzene rings is 1. The Kier molecular flexibility index (Phi) is 5.79. The Morgan fingerprint density at radius 1 is 1.35 bits per heavy atom. The van der Waals surface area contributed by atoms with Gasteiger partial charge in [0, 0.05) is 17.7 Å². The lowest BCUT2D eigenvalue weighted by Gasteiger charge is -2.18. The summed E-state index contributed by atoms with van der Waals surface area (Å²) >= 11 is 0. The molecule has 3 nitrogen and oxygen atoms in total. The fourth-order valence-electron chi connectivity index (χ4n) is 1.74. The van der Waals surface area contributed by atoms with Gasteiger partial charge in [0.1, 0.15) is 0 Å². The average Bonchev–Trinajstić information content (AvgIpc) is 2.35. The Hall–Kier alpha value is -1.79. The van der Waals surface area contributed by atoms with Gasteiger partial charge in [-0.2, -0.15) is 0 Å². The normalized spacial score (nSPS) is 10.7. The maximum absolute atomic E-state index is 12.0. The molecule has 1 aromatic rings. The largest absolute Gasteiger partial charge is 0.352 e. The number of nitrogens with one attached hydrogen (secondary N) is 1. The number of carbonyl (C=O) groups excluding carboxylic acids is 1. The maximum atomic E-state index is 12.0. The summed E-state index contributed by atoms with van der Waals surface area (Å²) in [6, 6.07) is 5.55. The van der Waals surface area contributed by atoms with Gasteiger partial charge >= 0.3 is 0 Å². The Morgan fingerprint density at radius 3 is 2.60 bits per heavy atom. The Morgan fingerprint density at radius 2 is 2.05 bits per heavy atom. The topological polar surface area (TPSA) is 55.1 Å². The van der Waals surface area contributed by atoms with Crippen LogP contribution >= 0.6 is 0 Å². The lowest BCUT2D eigenvalue weighted by atomic mass is 9.92. The van der Waals surface area contributed by atoms with E-state index in [2.05, 4.69) is 37.9 Å². The minimum Gasteiger partial charge on any atom is -0.352 e. The molecule has 0 atom stereocenters. The summed E-state index contributed by atoms with van der Waals surface area (Å²) in [4.78, 5) is 12.0. The molecule has 1 amide bonds. The van der Waals surface area contributed by atoms with Crippen molar-refractivity contribution in [3.8, 4) is 11.8 Å². The number of nitrogens with two attached hydrogens (primary N) is 1. The van der Waals surface area contributed by atoms with Crippen molar-refractivity contribution in [1.29, 1.82) is 0 Å². The highest BCUT2D eigenvalue weighted by Gasteiger charge is 2.11. The van der Waals surface area contributed by atoms with E-state index in [9.17, 15) is 4.79 Å². The smallest absolute Gasteiger partial charge is 0.251 e. The summed E-state index contributed by atoms with van der Waals surface area (Å²) in [5.41, 5.74) is 8.17. The van der Waals surface area contributed by atoms with Crippen molar-refractivity contribution < 1.29 is 4.79 Å². The summed E-state index contributed by atoms with van der Waals surface area (Å²) in [5.74, 6) is 5.79. The van der Waals surface area contributed by atoms with Crippen LogP contribution in [0, 0.1) is 24.2 Å². The van der Waals surface area contributed by atoms with Crippen LogP contribution in [-0.4, -0.2) is 19.0 Å². The number of hydrogen-bond donors (Lipinski definition) is 2. The molecule has 0 aliphatic heterocycles. The SMILES string of the molecule is Cc1cc(C(=O)NCCC(C)(C)C)ccc1C#CCN. The van der Waals surface area contributed by atoms with Crippen LogP contribution < -0.4 is 11.1 Å². The fraction of sp³-hybridized carbons (Fsp3) is 0.471. The highest BCUT2D eigenvalue weighted by molar-refractivity contribution is 5.94. The molecular weight excluding hydrogens is 248 g/mol. The third kappa shape index (κ3) is 5.46. The predicted octanol–water partition coefficient (Wildman–Crippen LogP) is 2.47. The molecule has 0 aromatic heterocycles. The molecule has 108 valence electrons. The van der Waals surface area contributed by atoms with Gasteiger partial charge in [-0.1, -0.05) is 32.6 Å². The molecule has 3 heteroatoms. The van der Waals surface area contributed by atoms with Crippen molar-refractivity contribution in [3.05, 3.63) is 34.9 Å². The molecule has 1 rings (SSSR count). The first kappa shape index (κ1) is 16.3. The number of aryl methyl sites for hydroxylation is 1. The first-order valence-corrected chi connectivity index (χ1v) is 6.91. The van der Waals surface area contributed by atoms with E-state index < -0.39 is 0 Å². The van der Waals surface area contributed by atoms with Gasteiger partial charge < -0.3 is 11.1 Å². The minimum absolute atomic E-state index is 0.0318. The van der Waals surface area contributed by atoms with E-state index in [4.69, 9.17) is 5.73 Å². The second-order valence-electron chi connectivity index (χ2n) is 6.10. The molecule has 0 aliphatic rings. The fourth-order valence-corrected chi connectivity index (χ4v) is 1.74. The average molecular weight is 272 g/mol. The molecule has 0 bridgehead atoms. The molecule has 0 fully saturated rings. The first-order chi connectivity index (χ1) is 9.33. The van der Waals surface area contributed by atoms with Crippen molar-refractivity contribution >= 4 is 5.91 Å². The molecule has 0 unspecified atom stereocenters. The number of rotatable bonds is 3. The van der Waals surface area contributed by atoms with Gasteiger partial charge in [-0.15, -0.1) is 0 Å². The zero-order chi connectivity index (χ0) is 15.2. The van der Waals surface area contributed by atoms with E-state index in [1.807, 2.05) is 19.1 Å². The van der Waals surface area contributed by atoms with Crippen LogP contribution in [0.15, 0.2) is 18.2 Å². The van der Waals surface area contributed by atoms with Gasteiger partial charge in [-0.05, 0) is 42.5 Å². The Balaban J connectivity index is 2.68. The first-order valence-electron chi connectivity index (χ1n) is 6.91. The van der Waals surface area contributed by atoms with Gasteiger partial charge in [0.25, 0.3) is 5.91 Å². The summed E-state index contributed by atoms with van der Waals surface area (Å²) in [6.07, 6.45) is 0.956. The summed E-state index contributed by atoms with van der Waals surface area (Å²) in [7, 11) is 0. The predicted molar refractivity (Wildman–Crippen MR) is 83.5 cm³/mol. The maximum Gasteiger partial charge on any atom is 0.251 e. The van der Waals surface area contributed by atoms with E-state index in [0.29, 0.717) is 18.7 Å². The lowest BCUT2D eigenvalue weighted by Crippen LogP contribution is -2.27. The van der Waals surface area contributed by atoms with Crippen LogP contribution in [-0.2, 0) is 0 Å². The standard InChI is InChI=1S/C17H24N2O/c1-13-12-15(8-7-14(13)6-5-10-18)16(20)19-11-9-17(2,3)4/h7-8,12H,9-11,18H2,1-4H3,(H,19,20). The molecule has 0 heterocycles. The third-order valence-corrected chi connectivity index (χ3v) is 2.97. The van der Waals surface area contributed by atoms with Crippen LogP contribution in [0.1, 0.15) is 48.7 Å². The van der Waals surface area contributed by atoms with Crippen LogP contribution in [0.2, 0.25) is 0 Å². The molecule has 0 radical (unpaired) electrons. The molecule has 3 N–H and O–H groups in total. The second-order valence-corrected chi connectivity index (χ2v) is 6.10. The van der Waals surface area contributed by atoms with Gasteiger partial charge in [-0.25, -0.2) is 0 Å². The second kappa shape index (κ2) is 7.12. The minimum atomic E-state index is -0.0318. The van der Waals surface area contributed by atoms with Gasteiger partial charge in [0.2, 0.25) is 0 Å².